The molecule has 0 spiro atoms. The minimum Gasteiger partial charge on any atom is -0.507 e. The summed E-state index contributed by atoms with van der Waals surface area (Å²) in [5, 5.41) is 20.0. The molecule has 0 saturated heterocycles. The number of benzene rings is 3. The van der Waals surface area contributed by atoms with Crippen molar-refractivity contribution in [2.75, 3.05) is 14.2 Å². The number of para-hydroxylation sites is 2. The normalized spacial score (nSPS) is 11.4. The van der Waals surface area contributed by atoms with Crippen LogP contribution in [0.4, 0.5) is 0 Å². The van der Waals surface area contributed by atoms with Crippen molar-refractivity contribution in [1.82, 2.24) is 0 Å². The molecule has 6 heteroatoms. The minimum atomic E-state index is -0.657. The predicted octanol–water partition coefficient (Wildman–Crippen LogP) is 4.35. The lowest BCUT2D eigenvalue weighted by Gasteiger charge is -2.14. The van der Waals surface area contributed by atoms with Gasteiger partial charge in [0.05, 0.1) is 14.2 Å². The summed E-state index contributed by atoms with van der Waals surface area (Å²) < 4.78 is 10.8. The molecule has 0 saturated carbocycles. The van der Waals surface area contributed by atoms with Gasteiger partial charge in [-0.25, -0.2) is 0 Å². The number of hydrogen-bond acceptors (Lipinski definition) is 6. The lowest BCUT2D eigenvalue weighted by Crippen LogP contribution is -2.00. The molecule has 29 heavy (non-hydrogen) atoms. The van der Waals surface area contributed by atoms with Gasteiger partial charge in [-0.05, 0) is 36.4 Å². The molecule has 0 aromatic heterocycles. The Morgan fingerprint density at radius 1 is 0.759 bits per heavy atom. The molecular weight excluding hydrogens is 368 g/mol. The number of nitrogens with zero attached hydrogens (tertiary/aromatic N) is 2. The summed E-state index contributed by atoms with van der Waals surface area (Å²) in [4.78, 5) is 9.10. The highest BCUT2D eigenvalue weighted by Crippen LogP contribution is 2.32. The molecule has 0 heterocycles. The van der Waals surface area contributed by atoms with E-state index >= 15 is 0 Å². The van der Waals surface area contributed by atoms with Crippen LogP contribution in [0.15, 0.2) is 76.7 Å². The number of aromatic hydroxyl groups is 2. The Morgan fingerprint density at radius 3 is 1.79 bits per heavy atom. The molecule has 0 bridgehead atoms. The highest BCUT2D eigenvalue weighted by atomic mass is 16.5. The molecule has 148 valence electrons. The van der Waals surface area contributed by atoms with Crippen LogP contribution in [-0.4, -0.2) is 36.9 Å². The van der Waals surface area contributed by atoms with E-state index in [-0.39, 0.29) is 11.5 Å². The first kappa shape index (κ1) is 19.9. The maximum Gasteiger partial charge on any atom is 0.168 e. The minimum absolute atomic E-state index is 0.126. The third kappa shape index (κ3) is 4.93. The van der Waals surface area contributed by atoms with Crippen LogP contribution >= 0.6 is 0 Å². The molecule has 2 N–H and O–H groups in total. The lowest BCUT2D eigenvalue weighted by molar-refractivity contribution is 0.389. The van der Waals surface area contributed by atoms with Gasteiger partial charge >= 0.3 is 0 Å². The molecule has 3 aromatic carbocycles. The zero-order valence-corrected chi connectivity index (χ0v) is 16.2. The third-order valence-corrected chi connectivity index (χ3v) is 4.30. The molecule has 3 aromatic rings. The molecule has 0 fully saturated rings. The van der Waals surface area contributed by atoms with E-state index in [1.807, 2.05) is 18.2 Å². The number of phenolic OH excluding ortho intramolecular Hbond substituents is 2. The van der Waals surface area contributed by atoms with E-state index in [1.54, 1.807) is 75.2 Å². The number of methoxy groups -OCH3 is 2. The molecular formula is C23H22N2O4. The molecule has 0 atom stereocenters. The first-order chi connectivity index (χ1) is 14.1. The van der Waals surface area contributed by atoms with Gasteiger partial charge in [-0.1, -0.05) is 24.3 Å². The fourth-order valence-corrected chi connectivity index (χ4v) is 2.73. The number of hydrogen-bond donors (Lipinski definition) is 2. The smallest absolute Gasteiger partial charge is 0.168 e. The average Bonchev–Trinajstić information content (AvgIpc) is 2.75. The maximum atomic E-state index is 10.0. The van der Waals surface area contributed by atoms with Gasteiger partial charge in [0.2, 0.25) is 0 Å². The molecule has 0 unspecified atom stereocenters. The van der Waals surface area contributed by atoms with Gasteiger partial charge in [0.25, 0.3) is 0 Å². The fraction of sp³-hybridized carbons (Fsp3) is 0.130. The molecule has 0 aliphatic heterocycles. The Morgan fingerprint density at radius 2 is 1.31 bits per heavy atom. The zero-order valence-electron chi connectivity index (χ0n) is 16.2. The van der Waals surface area contributed by atoms with Gasteiger partial charge in [-0.2, -0.15) is 0 Å². The van der Waals surface area contributed by atoms with Crippen molar-refractivity contribution >= 4 is 12.4 Å². The largest absolute Gasteiger partial charge is 0.507 e. The summed E-state index contributed by atoms with van der Waals surface area (Å²) >= 11 is 0. The van der Waals surface area contributed by atoms with Gasteiger partial charge < -0.3 is 19.7 Å². The van der Waals surface area contributed by atoms with Crippen LogP contribution in [0.5, 0.6) is 23.0 Å². The highest BCUT2D eigenvalue weighted by molar-refractivity contribution is 5.85. The first-order valence-electron chi connectivity index (χ1n) is 8.96. The average molecular weight is 390 g/mol. The SMILES string of the molecule is COc1ccc(C(/N=C/c2ccccc2O)/N=C/c2ccccc2O)c(OC)c1. The quantitative estimate of drug-likeness (QED) is 0.588. The first-order valence-corrected chi connectivity index (χ1v) is 8.96. The number of ether oxygens (including phenoxy) is 2. The second-order valence-electron chi connectivity index (χ2n) is 6.16. The summed E-state index contributed by atoms with van der Waals surface area (Å²) in [6.07, 6.45) is 2.47. The summed E-state index contributed by atoms with van der Waals surface area (Å²) in [6.45, 7) is 0. The number of aliphatic imine (C=N–C) groups is 2. The maximum absolute atomic E-state index is 10.0. The molecule has 0 aliphatic carbocycles. The Hall–Kier alpha value is -3.80. The Balaban J connectivity index is 2.02. The van der Waals surface area contributed by atoms with Gasteiger partial charge in [0.15, 0.2) is 6.17 Å². The van der Waals surface area contributed by atoms with Crippen LogP contribution in [0.3, 0.4) is 0 Å². The van der Waals surface area contributed by atoms with E-state index in [0.717, 1.165) is 0 Å². The predicted molar refractivity (Wildman–Crippen MR) is 114 cm³/mol. The van der Waals surface area contributed by atoms with Gasteiger partial charge in [0, 0.05) is 35.2 Å². The van der Waals surface area contributed by atoms with Crippen molar-refractivity contribution in [3.8, 4) is 23.0 Å². The Bertz CT molecular complexity index is 975. The monoisotopic (exact) mass is 390 g/mol. The van der Waals surface area contributed by atoms with E-state index in [4.69, 9.17) is 9.47 Å². The van der Waals surface area contributed by atoms with Gasteiger partial charge in [0.1, 0.15) is 23.0 Å². The Labute approximate surface area is 169 Å². The van der Waals surface area contributed by atoms with Crippen molar-refractivity contribution in [1.29, 1.82) is 0 Å². The Kier molecular flexibility index (Phi) is 6.47. The van der Waals surface area contributed by atoms with Crippen molar-refractivity contribution in [3.05, 3.63) is 83.4 Å². The van der Waals surface area contributed by atoms with Gasteiger partial charge in [-0.3, -0.25) is 9.98 Å². The van der Waals surface area contributed by atoms with E-state index < -0.39 is 6.17 Å². The second-order valence-corrected chi connectivity index (χ2v) is 6.16. The van der Waals surface area contributed by atoms with E-state index in [1.165, 1.54) is 0 Å². The zero-order chi connectivity index (χ0) is 20.6. The van der Waals surface area contributed by atoms with E-state index in [2.05, 4.69) is 9.98 Å². The summed E-state index contributed by atoms with van der Waals surface area (Å²) in [6, 6.07) is 19.2. The van der Waals surface area contributed by atoms with Crippen LogP contribution in [0.25, 0.3) is 0 Å². The van der Waals surface area contributed by atoms with Crippen molar-refractivity contribution in [3.63, 3.8) is 0 Å². The summed E-state index contributed by atoms with van der Waals surface area (Å²) in [7, 11) is 3.15. The summed E-state index contributed by atoms with van der Waals surface area (Å²) in [5.41, 5.74) is 1.86. The van der Waals surface area contributed by atoms with Crippen molar-refractivity contribution in [2.45, 2.75) is 6.17 Å². The standard InChI is InChI=1S/C23H22N2O4/c1-28-18-11-12-19(22(13-18)29-2)23(24-14-16-7-3-5-9-20(16)26)25-15-17-8-4-6-10-21(17)27/h3-15,23,26-27H,1-2H3/b24-14+,25-15+. The lowest BCUT2D eigenvalue weighted by atomic mass is 10.1. The third-order valence-electron chi connectivity index (χ3n) is 4.30. The number of phenols is 2. The molecule has 0 aliphatic rings. The van der Waals surface area contributed by atoms with Crippen LogP contribution in [0, 0.1) is 0 Å². The topological polar surface area (TPSA) is 83.6 Å². The summed E-state index contributed by atoms with van der Waals surface area (Å²) in [5.74, 6) is 1.47. The van der Waals surface area contributed by atoms with Crippen molar-refractivity contribution in [2.24, 2.45) is 9.98 Å². The van der Waals surface area contributed by atoms with E-state index in [9.17, 15) is 10.2 Å². The molecule has 3 rings (SSSR count). The van der Waals surface area contributed by atoms with Crippen LogP contribution in [0.1, 0.15) is 22.9 Å². The number of rotatable bonds is 7. The van der Waals surface area contributed by atoms with Crippen LogP contribution < -0.4 is 9.47 Å². The second kappa shape index (κ2) is 9.41. The van der Waals surface area contributed by atoms with Crippen molar-refractivity contribution < 1.29 is 19.7 Å². The molecule has 6 nitrogen and oxygen atoms in total. The van der Waals surface area contributed by atoms with Crippen LogP contribution in [0.2, 0.25) is 0 Å². The molecule has 0 amide bonds. The fourth-order valence-electron chi connectivity index (χ4n) is 2.73. The highest BCUT2D eigenvalue weighted by Gasteiger charge is 2.15. The van der Waals surface area contributed by atoms with E-state index in [0.29, 0.717) is 28.2 Å². The van der Waals surface area contributed by atoms with Crippen LogP contribution in [-0.2, 0) is 0 Å². The molecule has 0 radical (unpaired) electrons. The van der Waals surface area contributed by atoms with Gasteiger partial charge in [-0.15, -0.1) is 0 Å².